The zero-order valence-electron chi connectivity index (χ0n) is 14.3. The number of nitrogens with two attached hydrogens (primary N) is 1. The minimum atomic E-state index is -0.874. The Bertz CT molecular complexity index is 1110. The van der Waals surface area contributed by atoms with Crippen LogP contribution in [0.1, 0.15) is 32.5 Å². The van der Waals surface area contributed by atoms with E-state index in [1.807, 2.05) is 6.07 Å². The molecule has 6 nitrogen and oxygen atoms in total. The molecule has 0 bridgehead atoms. The first-order valence-electron chi connectivity index (χ1n) is 8.17. The molecular formula is C19H15ClFN3O3. The molecule has 27 heavy (non-hydrogen) atoms. The van der Waals surface area contributed by atoms with Crippen LogP contribution in [0.3, 0.4) is 0 Å². The molecule has 2 amide bonds. The lowest BCUT2D eigenvalue weighted by Crippen LogP contribution is -2.30. The van der Waals surface area contributed by atoms with Crippen molar-refractivity contribution < 1.29 is 18.7 Å². The monoisotopic (exact) mass is 387 g/mol. The van der Waals surface area contributed by atoms with E-state index < -0.39 is 17.8 Å². The number of fused-ring (bicyclic) bond motifs is 2. The van der Waals surface area contributed by atoms with Gasteiger partial charge in [-0.25, -0.2) is 4.39 Å². The number of carbonyl (C=O) groups is 2. The van der Waals surface area contributed by atoms with Gasteiger partial charge in [-0.1, -0.05) is 23.7 Å². The second-order valence-corrected chi connectivity index (χ2v) is 6.77. The molecule has 1 unspecified atom stereocenters. The number of nitrogens with one attached hydrogen (secondary N) is 1. The highest BCUT2D eigenvalue weighted by atomic mass is 35.5. The van der Waals surface area contributed by atoms with Crippen LogP contribution in [0.25, 0.3) is 10.9 Å². The second-order valence-electron chi connectivity index (χ2n) is 6.34. The van der Waals surface area contributed by atoms with Crippen LogP contribution in [0.4, 0.5) is 4.39 Å². The third-order valence-electron chi connectivity index (χ3n) is 4.71. The maximum Gasteiger partial charge on any atom is 0.268 e. The van der Waals surface area contributed by atoms with Crippen molar-refractivity contribution >= 4 is 34.3 Å². The van der Waals surface area contributed by atoms with Gasteiger partial charge < -0.3 is 20.4 Å². The van der Waals surface area contributed by atoms with Gasteiger partial charge in [-0.15, -0.1) is 0 Å². The van der Waals surface area contributed by atoms with Gasteiger partial charge in [0.05, 0.1) is 11.6 Å². The Morgan fingerprint density at radius 1 is 1.30 bits per heavy atom. The molecule has 1 aromatic heterocycles. The first-order chi connectivity index (χ1) is 12.9. The fourth-order valence-electron chi connectivity index (χ4n) is 3.31. The van der Waals surface area contributed by atoms with Crippen molar-refractivity contribution in [1.82, 2.24) is 9.88 Å². The number of rotatable bonds is 3. The van der Waals surface area contributed by atoms with Gasteiger partial charge in [0.25, 0.3) is 11.8 Å². The summed E-state index contributed by atoms with van der Waals surface area (Å²) >= 11 is 6.02. The molecular weight excluding hydrogens is 373 g/mol. The van der Waals surface area contributed by atoms with E-state index in [0.29, 0.717) is 16.3 Å². The number of halogens is 2. The van der Waals surface area contributed by atoms with E-state index >= 15 is 0 Å². The van der Waals surface area contributed by atoms with Crippen LogP contribution in [0.5, 0.6) is 5.75 Å². The van der Waals surface area contributed by atoms with E-state index in [1.165, 1.54) is 12.1 Å². The van der Waals surface area contributed by atoms with E-state index in [0.717, 1.165) is 10.9 Å². The zero-order valence-corrected chi connectivity index (χ0v) is 15.0. The lowest BCUT2D eigenvalue weighted by atomic mass is 10.0. The van der Waals surface area contributed by atoms with E-state index in [4.69, 9.17) is 22.1 Å². The van der Waals surface area contributed by atoms with Crippen molar-refractivity contribution in [3.8, 4) is 5.75 Å². The number of amides is 2. The third kappa shape index (κ3) is 2.80. The number of nitrogens with zero attached hydrogens (tertiary/aromatic N) is 1. The van der Waals surface area contributed by atoms with Crippen LogP contribution in [-0.4, -0.2) is 23.0 Å². The van der Waals surface area contributed by atoms with Crippen LogP contribution in [0.2, 0.25) is 5.02 Å². The summed E-state index contributed by atoms with van der Waals surface area (Å²) in [6, 6.07) is 9.43. The van der Waals surface area contributed by atoms with Crippen molar-refractivity contribution in [2.75, 3.05) is 6.61 Å². The molecule has 3 N–H and O–H groups in total. The topological polar surface area (TPSA) is 86.3 Å². The molecule has 0 saturated carbocycles. The van der Waals surface area contributed by atoms with Crippen molar-refractivity contribution in [2.24, 2.45) is 12.8 Å². The summed E-state index contributed by atoms with van der Waals surface area (Å²) in [5.41, 5.74) is 6.64. The molecule has 0 radical (unpaired) electrons. The lowest BCUT2D eigenvalue weighted by Gasteiger charge is -2.12. The number of ether oxygens (including phenoxy) is 1. The van der Waals surface area contributed by atoms with E-state index in [9.17, 15) is 14.0 Å². The van der Waals surface area contributed by atoms with E-state index in [1.54, 1.807) is 29.8 Å². The van der Waals surface area contributed by atoms with Gasteiger partial charge in [0.15, 0.2) is 11.6 Å². The predicted molar refractivity (Wildman–Crippen MR) is 98.5 cm³/mol. The van der Waals surface area contributed by atoms with Gasteiger partial charge in [0.1, 0.15) is 12.3 Å². The highest BCUT2D eigenvalue weighted by Gasteiger charge is 2.31. The van der Waals surface area contributed by atoms with Gasteiger partial charge in [-0.3, -0.25) is 9.59 Å². The van der Waals surface area contributed by atoms with Gasteiger partial charge >= 0.3 is 0 Å². The van der Waals surface area contributed by atoms with Crippen LogP contribution in [0.15, 0.2) is 36.4 Å². The summed E-state index contributed by atoms with van der Waals surface area (Å²) < 4.78 is 21.4. The minimum Gasteiger partial charge on any atom is -0.488 e. The fourth-order valence-corrected chi connectivity index (χ4v) is 3.48. The van der Waals surface area contributed by atoms with Gasteiger partial charge in [-0.05, 0) is 24.3 Å². The SMILES string of the molecule is Cn1c(C(=O)NC2COc3c2ccc(C(N)=O)c3F)cc2ccc(Cl)cc21. The highest BCUT2D eigenvalue weighted by molar-refractivity contribution is 6.31. The summed E-state index contributed by atoms with van der Waals surface area (Å²) in [6.07, 6.45) is 0. The largest absolute Gasteiger partial charge is 0.488 e. The number of hydrogen-bond donors (Lipinski definition) is 2. The van der Waals surface area contributed by atoms with Crippen molar-refractivity contribution in [3.05, 3.63) is 64.1 Å². The quantitative estimate of drug-likeness (QED) is 0.724. The van der Waals surface area contributed by atoms with Crippen molar-refractivity contribution in [3.63, 3.8) is 0 Å². The van der Waals surface area contributed by atoms with Gasteiger partial charge in [0.2, 0.25) is 0 Å². The van der Waals surface area contributed by atoms with E-state index in [-0.39, 0.29) is 23.8 Å². The first-order valence-corrected chi connectivity index (χ1v) is 8.55. The Morgan fingerprint density at radius 3 is 2.81 bits per heavy atom. The summed E-state index contributed by atoms with van der Waals surface area (Å²) in [6.45, 7) is 0.0655. The van der Waals surface area contributed by atoms with Crippen LogP contribution < -0.4 is 15.8 Å². The number of aromatic nitrogens is 1. The van der Waals surface area contributed by atoms with Crippen LogP contribution >= 0.6 is 11.6 Å². The van der Waals surface area contributed by atoms with Gasteiger partial charge in [0, 0.05) is 28.5 Å². The molecule has 8 heteroatoms. The highest BCUT2D eigenvalue weighted by Crippen LogP contribution is 2.36. The first kappa shape index (κ1) is 17.4. The lowest BCUT2D eigenvalue weighted by molar-refractivity contribution is 0.0922. The molecule has 1 aliphatic heterocycles. The molecule has 2 heterocycles. The molecule has 4 rings (SSSR count). The Labute approximate surface area is 158 Å². The number of aryl methyl sites for hydroxylation is 1. The standard InChI is InChI=1S/C19H15ClFN3O3/c1-24-14-7-10(20)3-2-9(14)6-15(24)19(26)23-13-8-27-17-11(13)4-5-12(16(17)21)18(22)25/h2-7,13H,8H2,1H3,(H2,22,25)(H,23,26). The molecule has 2 aromatic carbocycles. The molecule has 3 aromatic rings. The van der Waals surface area contributed by atoms with Crippen LogP contribution in [0, 0.1) is 5.82 Å². The summed E-state index contributed by atoms with van der Waals surface area (Å²) in [5, 5.41) is 4.30. The Kier molecular flexibility index (Phi) is 4.04. The van der Waals surface area contributed by atoms with Gasteiger partial charge in [-0.2, -0.15) is 0 Å². The van der Waals surface area contributed by atoms with E-state index in [2.05, 4.69) is 5.32 Å². The van der Waals surface area contributed by atoms with Crippen molar-refractivity contribution in [2.45, 2.75) is 6.04 Å². The normalized spacial score (nSPS) is 15.4. The second kappa shape index (κ2) is 6.28. The molecule has 138 valence electrons. The Hall–Kier alpha value is -3.06. The average molecular weight is 388 g/mol. The minimum absolute atomic E-state index is 0.0552. The smallest absolute Gasteiger partial charge is 0.268 e. The maximum atomic E-state index is 14.3. The molecule has 0 aliphatic carbocycles. The van der Waals surface area contributed by atoms with Crippen molar-refractivity contribution in [1.29, 1.82) is 0 Å². The predicted octanol–water partition coefficient (Wildman–Crippen LogP) is 2.93. The third-order valence-corrected chi connectivity index (χ3v) is 4.94. The number of hydrogen-bond acceptors (Lipinski definition) is 3. The van der Waals surface area contributed by atoms with Crippen LogP contribution in [-0.2, 0) is 7.05 Å². The summed E-state index contributed by atoms with van der Waals surface area (Å²) in [7, 11) is 1.77. The Morgan fingerprint density at radius 2 is 2.07 bits per heavy atom. The summed E-state index contributed by atoms with van der Waals surface area (Å²) in [4.78, 5) is 24.0. The number of primary amides is 1. The maximum absolute atomic E-state index is 14.3. The number of benzene rings is 2. The molecule has 0 fully saturated rings. The molecule has 0 spiro atoms. The zero-order chi connectivity index (χ0) is 19.3. The summed E-state index contributed by atoms with van der Waals surface area (Å²) in [5.74, 6) is -2.07. The number of carbonyl (C=O) groups excluding carboxylic acids is 2. The Balaban J connectivity index is 1.64. The average Bonchev–Trinajstić information content (AvgIpc) is 3.17. The molecule has 0 saturated heterocycles. The fraction of sp³-hybridized carbons (Fsp3) is 0.158. The molecule has 1 aliphatic rings. The molecule has 1 atom stereocenters.